The summed E-state index contributed by atoms with van der Waals surface area (Å²) in [6, 6.07) is 0. The van der Waals surface area contributed by atoms with Gasteiger partial charge in [0.25, 0.3) is 0 Å². The Hall–Kier alpha value is -3.27. The van der Waals surface area contributed by atoms with Crippen LogP contribution in [-0.4, -0.2) is 82.3 Å². The predicted molar refractivity (Wildman–Crippen MR) is 269 cm³/mol. The molecule has 9 heteroatoms. The zero-order chi connectivity index (χ0) is 47.7. The van der Waals surface area contributed by atoms with Crippen molar-refractivity contribution in [3.8, 4) is 0 Å². The van der Waals surface area contributed by atoms with Crippen LogP contribution in [0, 0.1) is 0 Å². The molecule has 65 heavy (non-hydrogen) atoms. The Bertz CT molecular complexity index is 1290. The van der Waals surface area contributed by atoms with Gasteiger partial charge in [0.2, 0.25) is 0 Å². The fourth-order valence-corrected chi connectivity index (χ4v) is 6.95. The van der Waals surface area contributed by atoms with Crippen LogP contribution in [0.4, 0.5) is 0 Å². The summed E-state index contributed by atoms with van der Waals surface area (Å²) in [6.45, 7) is 4.59. The molecule has 0 spiro atoms. The molecule has 9 nitrogen and oxygen atoms in total. The summed E-state index contributed by atoms with van der Waals surface area (Å²) in [6.07, 6.45) is 56.5. The van der Waals surface area contributed by atoms with Crippen LogP contribution < -0.4 is 5.11 Å². The number of quaternary nitrogens is 1. The SMILES string of the molecule is CC/C=C\C/C=C\C/C=C\C/C=C\C/C=C\C/C=C\CCCCC(=O)OC(COC(=O)CCCCCCCCCCCCCCCCCCCCC)COC(OCC[N+](C)(C)C)C(=O)[O-]. The Kier molecular flexibility index (Phi) is 44.9. The Labute approximate surface area is 398 Å². The van der Waals surface area contributed by atoms with E-state index in [4.69, 9.17) is 18.9 Å². The van der Waals surface area contributed by atoms with E-state index in [1.807, 2.05) is 21.1 Å². The van der Waals surface area contributed by atoms with Gasteiger partial charge in [-0.15, -0.1) is 0 Å². The normalized spacial score (nSPS) is 13.4. The Morgan fingerprint density at radius 3 is 1.31 bits per heavy atom. The first-order valence-electron chi connectivity index (χ1n) is 26.1. The lowest BCUT2D eigenvalue weighted by Crippen LogP contribution is -2.44. The molecule has 0 aromatic heterocycles. The van der Waals surface area contributed by atoms with E-state index in [0.29, 0.717) is 17.4 Å². The molecule has 0 heterocycles. The van der Waals surface area contributed by atoms with Crippen molar-refractivity contribution in [1.82, 2.24) is 0 Å². The van der Waals surface area contributed by atoms with Crippen LogP contribution in [-0.2, 0) is 33.3 Å². The largest absolute Gasteiger partial charge is 0.545 e. The van der Waals surface area contributed by atoms with Gasteiger partial charge in [-0.05, 0) is 64.2 Å². The molecule has 2 unspecified atom stereocenters. The van der Waals surface area contributed by atoms with Gasteiger partial charge < -0.3 is 33.3 Å². The molecular weight excluding hydrogens is 815 g/mol. The summed E-state index contributed by atoms with van der Waals surface area (Å²) in [5.74, 6) is -2.34. The second-order valence-electron chi connectivity index (χ2n) is 18.4. The number of nitrogens with zero attached hydrogens (tertiary/aromatic N) is 1. The van der Waals surface area contributed by atoms with E-state index in [9.17, 15) is 19.5 Å². The van der Waals surface area contributed by atoms with Gasteiger partial charge in [-0.2, -0.15) is 0 Å². The van der Waals surface area contributed by atoms with Gasteiger partial charge in [0, 0.05) is 12.8 Å². The third-order valence-corrected chi connectivity index (χ3v) is 11.0. The van der Waals surface area contributed by atoms with E-state index >= 15 is 0 Å². The lowest BCUT2D eigenvalue weighted by Gasteiger charge is -2.26. The second-order valence-corrected chi connectivity index (χ2v) is 18.4. The average Bonchev–Trinajstić information content (AvgIpc) is 3.27. The highest BCUT2D eigenvalue weighted by Crippen LogP contribution is 2.15. The number of esters is 2. The Morgan fingerprint density at radius 1 is 0.477 bits per heavy atom. The van der Waals surface area contributed by atoms with E-state index in [2.05, 4.69) is 86.8 Å². The molecule has 2 atom stereocenters. The van der Waals surface area contributed by atoms with E-state index in [1.54, 1.807) is 0 Å². The van der Waals surface area contributed by atoms with Gasteiger partial charge in [-0.1, -0.05) is 202 Å². The van der Waals surface area contributed by atoms with Crippen molar-refractivity contribution >= 4 is 17.9 Å². The monoisotopic (exact) mass is 912 g/mol. The minimum Gasteiger partial charge on any atom is -0.545 e. The highest BCUT2D eigenvalue weighted by atomic mass is 16.7. The summed E-state index contributed by atoms with van der Waals surface area (Å²) < 4.78 is 22.6. The van der Waals surface area contributed by atoms with Crippen molar-refractivity contribution in [2.75, 3.05) is 47.5 Å². The quantitative estimate of drug-likeness (QED) is 0.0195. The van der Waals surface area contributed by atoms with Crippen LogP contribution in [0.5, 0.6) is 0 Å². The molecule has 0 fully saturated rings. The standard InChI is InChI=1S/C56H97NO8/c1-6-8-10-12-14-16-18-20-22-24-26-27-29-31-33-35-37-39-41-43-45-47-54(59)65-52(51-64-56(55(60)61)62-49-48-57(3,4)5)50-63-53(58)46-44-42-40-38-36-34-32-30-28-25-23-21-19-17-15-13-11-9-7-2/h8,10,14,16,20,22,26-27,31,33,37,39,52,56H,6-7,9,11-13,15,17-19,21,23-25,28-30,32,34-36,38,40-51H2,1-5H3/b10-8-,16-14-,22-20-,27-26-,33-31-,39-37-. The number of hydrogen-bond acceptors (Lipinski definition) is 8. The van der Waals surface area contributed by atoms with Crippen LogP contribution >= 0.6 is 0 Å². The number of allylic oxidation sites excluding steroid dienone is 12. The highest BCUT2D eigenvalue weighted by Gasteiger charge is 2.21. The molecular formula is C56H97NO8. The fraction of sp³-hybridized carbons (Fsp3) is 0.732. The maximum atomic E-state index is 12.8. The molecule has 0 bridgehead atoms. The van der Waals surface area contributed by atoms with Gasteiger partial charge in [0.1, 0.15) is 13.2 Å². The van der Waals surface area contributed by atoms with Crippen molar-refractivity contribution in [3.63, 3.8) is 0 Å². The van der Waals surface area contributed by atoms with E-state index in [1.165, 1.54) is 103 Å². The van der Waals surface area contributed by atoms with Gasteiger partial charge in [0.05, 0.1) is 40.3 Å². The summed E-state index contributed by atoms with van der Waals surface area (Å²) in [4.78, 5) is 37.2. The number of unbranched alkanes of at least 4 members (excludes halogenated alkanes) is 20. The van der Waals surface area contributed by atoms with Gasteiger partial charge in [0.15, 0.2) is 12.4 Å². The third kappa shape index (κ3) is 48.5. The third-order valence-electron chi connectivity index (χ3n) is 11.0. The topological polar surface area (TPSA) is 111 Å². The molecule has 0 radical (unpaired) electrons. The first-order chi connectivity index (χ1) is 31.6. The van der Waals surface area contributed by atoms with Crippen molar-refractivity contribution in [1.29, 1.82) is 0 Å². The van der Waals surface area contributed by atoms with Crippen molar-refractivity contribution < 1.29 is 42.9 Å². The lowest BCUT2D eigenvalue weighted by molar-refractivity contribution is -0.870. The highest BCUT2D eigenvalue weighted by molar-refractivity contribution is 5.70. The van der Waals surface area contributed by atoms with Crippen LogP contribution in [0.3, 0.4) is 0 Å². The molecule has 0 aromatic rings. The molecule has 0 amide bonds. The number of carbonyl (C=O) groups is 3. The van der Waals surface area contributed by atoms with Crippen LogP contribution in [0.15, 0.2) is 72.9 Å². The Morgan fingerprint density at radius 2 is 0.877 bits per heavy atom. The number of rotatable bonds is 47. The molecule has 0 aromatic carbocycles. The lowest BCUT2D eigenvalue weighted by atomic mass is 10.0. The number of carboxylic acids is 1. The smallest absolute Gasteiger partial charge is 0.306 e. The summed E-state index contributed by atoms with van der Waals surface area (Å²) in [5.41, 5.74) is 0. The predicted octanol–water partition coefficient (Wildman–Crippen LogP) is 13.3. The summed E-state index contributed by atoms with van der Waals surface area (Å²) >= 11 is 0. The van der Waals surface area contributed by atoms with E-state index < -0.39 is 24.3 Å². The first kappa shape index (κ1) is 61.7. The van der Waals surface area contributed by atoms with Crippen LogP contribution in [0.25, 0.3) is 0 Å². The van der Waals surface area contributed by atoms with Gasteiger partial charge in [-0.25, -0.2) is 0 Å². The van der Waals surface area contributed by atoms with E-state index in [-0.39, 0.29) is 38.6 Å². The molecule has 0 aliphatic rings. The van der Waals surface area contributed by atoms with Crippen molar-refractivity contribution in [2.24, 2.45) is 0 Å². The Balaban J connectivity index is 4.42. The molecule has 0 saturated heterocycles. The fourth-order valence-electron chi connectivity index (χ4n) is 6.95. The molecule has 0 saturated carbocycles. The zero-order valence-corrected chi connectivity index (χ0v) is 42.3. The number of likely N-dealkylation sites (N-methyl/N-ethyl adjacent to an activating group) is 1. The molecule has 0 rings (SSSR count). The van der Waals surface area contributed by atoms with Gasteiger partial charge in [-0.3, -0.25) is 9.59 Å². The minimum atomic E-state index is -1.63. The van der Waals surface area contributed by atoms with Crippen LogP contribution in [0.2, 0.25) is 0 Å². The molecule has 0 N–H and O–H groups in total. The number of carbonyl (C=O) groups excluding carboxylic acids is 3. The number of ether oxygens (including phenoxy) is 4. The number of hydrogen-bond donors (Lipinski definition) is 0. The maximum absolute atomic E-state index is 12.8. The van der Waals surface area contributed by atoms with E-state index in [0.717, 1.165) is 70.6 Å². The summed E-state index contributed by atoms with van der Waals surface area (Å²) in [5, 5.41) is 11.7. The van der Waals surface area contributed by atoms with Crippen molar-refractivity contribution in [2.45, 2.75) is 219 Å². The minimum absolute atomic E-state index is 0.137. The van der Waals surface area contributed by atoms with Crippen molar-refractivity contribution in [3.05, 3.63) is 72.9 Å². The average molecular weight is 912 g/mol. The first-order valence-corrected chi connectivity index (χ1v) is 26.1. The number of aliphatic carboxylic acids is 1. The molecule has 374 valence electrons. The maximum Gasteiger partial charge on any atom is 0.306 e. The summed E-state index contributed by atoms with van der Waals surface area (Å²) in [7, 11) is 5.90. The van der Waals surface area contributed by atoms with Gasteiger partial charge >= 0.3 is 11.9 Å². The number of carboxylic acid groups (broad SMARTS) is 1. The zero-order valence-electron chi connectivity index (χ0n) is 42.3. The molecule has 0 aliphatic heterocycles. The van der Waals surface area contributed by atoms with Crippen LogP contribution in [0.1, 0.15) is 206 Å². The molecule has 0 aliphatic carbocycles. The second kappa shape index (κ2) is 47.2.